The molecule has 0 bridgehead atoms. The van der Waals surface area contributed by atoms with Gasteiger partial charge in [-0.2, -0.15) is 0 Å². The zero-order valence-electron chi connectivity index (χ0n) is 13.5. The molecule has 0 aliphatic heterocycles. The molecule has 0 amide bonds. The minimum Gasteiger partial charge on any atom is -0.307 e. The smallest absolute Gasteiger partial charge is 0.145 e. The third-order valence-electron chi connectivity index (χ3n) is 3.60. The van der Waals surface area contributed by atoms with Gasteiger partial charge in [-0.05, 0) is 31.9 Å². The lowest BCUT2D eigenvalue weighted by molar-refractivity contribution is 0.448. The van der Waals surface area contributed by atoms with Gasteiger partial charge in [0.05, 0.1) is 6.04 Å². The quantitative estimate of drug-likeness (QED) is 0.602. The summed E-state index contributed by atoms with van der Waals surface area (Å²) in [5.41, 5.74) is 1.13. The first-order chi connectivity index (χ1) is 9.77. The van der Waals surface area contributed by atoms with Gasteiger partial charge in [-0.1, -0.05) is 52.4 Å². The van der Waals surface area contributed by atoms with Crippen molar-refractivity contribution in [2.45, 2.75) is 78.2 Å². The summed E-state index contributed by atoms with van der Waals surface area (Å²) in [5.74, 6) is 0.956. The molecule has 1 N–H and O–H groups in total. The first kappa shape index (κ1) is 17.1. The molecule has 0 aromatic carbocycles. The van der Waals surface area contributed by atoms with E-state index >= 15 is 0 Å². The van der Waals surface area contributed by atoms with Crippen molar-refractivity contribution < 1.29 is 0 Å². The Hall–Kier alpha value is -0.960. The zero-order chi connectivity index (χ0) is 14.6. The SMILES string of the molecule is CCCCCCCCC(NCCC)c1ncc(C)cn1. The lowest BCUT2D eigenvalue weighted by Gasteiger charge is -2.17. The highest BCUT2D eigenvalue weighted by Crippen LogP contribution is 2.17. The standard InChI is InChI=1S/C17H31N3/c1-4-6-7-8-9-10-11-16(18-12-5-2)17-19-13-15(3)14-20-17/h13-14,16,18H,4-12H2,1-3H3. The van der Waals surface area contributed by atoms with Crippen LogP contribution in [0.15, 0.2) is 12.4 Å². The van der Waals surface area contributed by atoms with E-state index in [-0.39, 0.29) is 0 Å². The van der Waals surface area contributed by atoms with Crippen molar-refractivity contribution in [1.29, 1.82) is 0 Å². The van der Waals surface area contributed by atoms with Gasteiger partial charge in [-0.3, -0.25) is 0 Å². The number of aryl methyl sites for hydroxylation is 1. The van der Waals surface area contributed by atoms with Gasteiger partial charge in [0.1, 0.15) is 5.82 Å². The second-order valence-electron chi connectivity index (χ2n) is 5.68. The Bertz CT molecular complexity index is 335. The van der Waals surface area contributed by atoms with E-state index in [1.165, 1.54) is 38.5 Å². The summed E-state index contributed by atoms with van der Waals surface area (Å²) < 4.78 is 0. The number of hydrogen-bond acceptors (Lipinski definition) is 3. The minimum absolute atomic E-state index is 0.321. The second kappa shape index (κ2) is 10.8. The van der Waals surface area contributed by atoms with E-state index in [2.05, 4.69) is 29.1 Å². The fourth-order valence-electron chi connectivity index (χ4n) is 2.35. The average molecular weight is 277 g/mol. The molecule has 1 atom stereocenters. The maximum absolute atomic E-state index is 4.49. The van der Waals surface area contributed by atoms with E-state index < -0.39 is 0 Å². The molecule has 3 heteroatoms. The lowest BCUT2D eigenvalue weighted by atomic mass is 10.0. The van der Waals surface area contributed by atoms with Crippen molar-refractivity contribution >= 4 is 0 Å². The van der Waals surface area contributed by atoms with Crippen LogP contribution in [0.1, 0.15) is 82.6 Å². The number of rotatable bonds is 11. The average Bonchev–Trinajstić information content (AvgIpc) is 2.47. The van der Waals surface area contributed by atoms with Gasteiger partial charge in [-0.25, -0.2) is 9.97 Å². The minimum atomic E-state index is 0.321. The molecule has 1 rings (SSSR count). The van der Waals surface area contributed by atoms with Crippen LogP contribution in [0.4, 0.5) is 0 Å². The molecule has 20 heavy (non-hydrogen) atoms. The van der Waals surface area contributed by atoms with Crippen molar-refractivity contribution in [2.24, 2.45) is 0 Å². The molecule has 1 heterocycles. The molecule has 0 radical (unpaired) electrons. The van der Waals surface area contributed by atoms with E-state index in [4.69, 9.17) is 0 Å². The number of nitrogens with one attached hydrogen (secondary N) is 1. The Morgan fingerprint density at radius 2 is 1.60 bits per heavy atom. The van der Waals surface area contributed by atoms with E-state index in [0.717, 1.165) is 30.8 Å². The molecule has 1 aromatic rings. The monoisotopic (exact) mass is 277 g/mol. The molecular formula is C17H31N3. The van der Waals surface area contributed by atoms with E-state index in [1.807, 2.05) is 19.3 Å². The summed E-state index contributed by atoms with van der Waals surface area (Å²) in [6.07, 6.45) is 14.2. The van der Waals surface area contributed by atoms with Crippen molar-refractivity contribution in [3.05, 3.63) is 23.8 Å². The van der Waals surface area contributed by atoms with Gasteiger partial charge in [0.2, 0.25) is 0 Å². The first-order valence-electron chi connectivity index (χ1n) is 8.29. The van der Waals surface area contributed by atoms with Gasteiger partial charge in [0.15, 0.2) is 0 Å². The largest absolute Gasteiger partial charge is 0.307 e. The molecule has 0 spiro atoms. The van der Waals surface area contributed by atoms with Gasteiger partial charge >= 0.3 is 0 Å². The third-order valence-corrected chi connectivity index (χ3v) is 3.60. The Morgan fingerprint density at radius 1 is 0.950 bits per heavy atom. The summed E-state index contributed by atoms with van der Waals surface area (Å²) in [7, 11) is 0. The molecule has 1 aromatic heterocycles. The maximum atomic E-state index is 4.49. The predicted octanol–water partition coefficient (Wildman–Crippen LogP) is 4.58. The van der Waals surface area contributed by atoms with Crippen LogP contribution in [0.2, 0.25) is 0 Å². The fraction of sp³-hybridized carbons (Fsp3) is 0.765. The van der Waals surface area contributed by atoms with Crippen molar-refractivity contribution in [1.82, 2.24) is 15.3 Å². The highest BCUT2D eigenvalue weighted by atomic mass is 15.0. The van der Waals surface area contributed by atoms with E-state index in [9.17, 15) is 0 Å². The number of nitrogens with zero attached hydrogens (tertiary/aromatic N) is 2. The van der Waals surface area contributed by atoms with Crippen LogP contribution in [-0.4, -0.2) is 16.5 Å². The topological polar surface area (TPSA) is 37.8 Å². The molecule has 0 fully saturated rings. The van der Waals surface area contributed by atoms with Crippen molar-refractivity contribution in [3.8, 4) is 0 Å². The normalized spacial score (nSPS) is 12.6. The highest BCUT2D eigenvalue weighted by Gasteiger charge is 2.12. The Morgan fingerprint density at radius 3 is 2.25 bits per heavy atom. The molecular weight excluding hydrogens is 246 g/mol. The fourth-order valence-corrected chi connectivity index (χ4v) is 2.35. The summed E-state index contributed by atoms with van der Waals surface area (Å²) in [6, 6.07) is 0.321. The Balaban J connectivity index is 2.37. The van der Waals surface area contributed by atoms with Crippen LogP contribution >= 0.6 is 0 Å². The summed E-state index contributed by atoms with van der Waals surface area (Å²) in [5, 5.41) is 3.58. The van der Waals surface area contributed by atoms with Gasteiger partial charge in [-0.15, -0.1) is 0 Å². The summed E-state index contributed by atoms with van der Waals surface area (Å²) in [6.45, 7) is 7.54. The second-order valence-corrected chi connectivity index (χ2v) is 5.68. The van der Waals surface area contributed by atoms with Gasteiger partial charge < -0.3 is 5.32 Å². The van der Waals surface area contributed by atoms with E-state index in [1.54, 1.807) is 0 Å². The van der Waals surface area contributed by atoms with Crippen molar-refractivity contribution in [2.75, 3.05) is 6.54 Å². The zero-order valence-corrected chi connectivity index (χ0v) is 13.5. The van der Waals surface area contributed by atoms with Crippen molar-refractivity contribution in [3.63, 3.8) is 0 Å². The van der Waals surface area contributed by atoms with Crippen LogP contribution in [-0.2, 0) is 0 Å². The third kappa shape index (κ3) is 6.99. The molecule has 0 saturated carbocycles. The number of aromatic nitrogens is 2. The summed E-state index contributed by atoms with van der Waals surface area (Å²) in [4.78, 5) is 8.97. The number of hydrogen-bond donors (Lipinski definition) is 1. The van der Waals surface area contributed by atoms with Crippen LogP contribution in [0.25, 0.3) is 0 Å². The Kier molecular flexibility index (Phi) is 9.22. The predicted molar refractivity (Wildman–Crippen MR) is 85.8 cm³/mol. The molecule has 0 saturated heterocycles. The van der Waals surface area contributed by atoms with Crippen LogP contribution < -0.4 is 5.32 Å². The molecule has 0 aliphatic rings. The molecule has 0 aliphatic carbocycles. The first-order valence-corrected chi connectivity index (χ1v) is 8.29. The van der Waals surface area contributed by atoms with Crippen LogP contribution in [0.5, 0.6) is 0 Å². The Labute approximate surface area is 124 Å². The van der Waals surface area contributed by atoms with E-state index in [0.29, 0.717) is 6.04 Å². The molecule has 114 valence electrons. The maximum Gasteiger partial charge on any atom is 0.145 e. The highest BCUT2D eigenvalue weighted by molar-refractivity contribution is 5.04. The lowest BCUT2D eigenvalue weighted by Crippen LogP contribution is -2.24. The van der Waals surface area contributed by atoms with Gasteiger partial charge in [0, 0.05) is 12.4 Å². The molecule has 1 unspecified atom stereocenters. The van der Waals surface area contributed by atoms with Gasteiger partial charge in [0.25, 0.3) is 0 Å². The van der Waals surface area contributed by atoms with Crippen LogP contribution in [0, 0.1) is 6.92 Å². The summed E-state index contributed by atoms with van der Waals surface area (Å²) >= 11 is 0. The molecule has 3 nitrogen and oxygen atoms in total. The van der Waals surface area contributed by atoms with Crippen LogP contribution in [0.3, 0.4) is 0 Å². The number of unbranched alkanes of at least 4 members (excludes halogenated alkanes) is 5.